The number of pyridine rings is 1. The van der Waals surface area contributed by atoms with E-state index in [0.29, 0.717) is 31.2 Å². The highest BCUT2D eigenvalue weighted by atomic mass is 32.2. The van der Waals surface area contributed by atoms with Crippen molar-refractivity contribution >= 4 is 17.6 Å². The summed E-state index contributed by atoms with van der Waals surface area (Å²) in [6.07, 6.45) is 10.8. The number of thioether (sulfide) groups is 1. The van der Waals surface area contributed by atoms with Gasteiger partial charge in [0.2, 0.25) is 5.89 Å². The van der Waals surface area contributed by atoms with Crippen LogP contribution in [0.25, 0.3) is 11.6 Å². The fourth-order valence-electron chi connectivity index (χ4n) is 4.35. The van der Waals surface area contributed by atoms with E-state index in [9.17, 15) is 5.21 Å². The highest BCUT2D eigenvalue weighted by molar-refractivity contribution is 7.98. The average Bonchev–Trinajstić information content (AvgIpc) is 3.39. The van der Waals surface area contributed by atoms with Crippen molar-refractivity contribution in [3.63, 3.8) is 0 Å². The minimum absolute atomic E-state index is 0.220. The van der Waals surface area contributed by atoms with Crippen LogP contribution in [-0.2, 0) is 13.1 Å². The Hall–Kier alpha value is -2.49. The highest BCUT2D eigenvalue weighted by Gasteiger charge is 2.38. The first kappa shape index (κ1) is 18.5. The molecule has 2 aliphatic heterocycles. The number of aromatic nitrogens is 4. The Morgan fingerprint density at radius 3 is 2.97 bits per heavy atom. The largest absolute Gasteiger partial charge is 0.632 e. The van der Waals surface area contributed by atoms with Crippen molar-refractivity contribution < 1.29 is 9.06 Å². The third-order valence-corrected chi connectivity index (χ3v) is 6.16. The van der Waals surface area contributed by atoms with Gasteiger partial charge in [-0.05, 0) is 31.2 Å². The van der Waals surface area contributed by atoms with Gasteiger partial charge in [-0.25, -0.2) is 15.0 Å². The predicted molar refractivity (Wildman–Crippen MR) is 110 cm³/mol. The molecule has 5 rings (SSSR count). The summed E-state index contributed by atoms with van der Waals surface area (Å²) in [5.74, 6) is 1.43. The van der Waals surface area contributed by atoms with Crippen molar-refractivity contribution in [2.45, 2.75) is 37.1 Å². The quantitative estimate of drug-likeness (QED) is 0.280. The molecular formula is C20H22N6O2S. The van der Waals surface area contributed by atoms with Crippen LogP contribution in [0.2, 0.25) is 0 Å². The van der Waals surface area contributed by atoms with E-state index in [1.165, 1.54) is 18.0 Å². The zero-order valence-corrected chi connectivity index (χ0v) is 17.0. The van der Waals surface area contributed by atoms with E-state index in [0.717, 1.165) is 41.5 Å². The third-order valence-electron chi connectivity index (χ3n) is 5.60. The van der Waals surface area contributed by atoms with Crippen LogP contribution in [-0.4, -0.2) is 50.0 Å². The molecule has 0 spiro atoms. The Labute approximate surface area is 173 Å². The number of oxazole rings is 1. The molecule has 2 aliphatic rings. The van der Waals surface area contributed by atoms with Crippen LogP contribution in [0.3, 0.4) is 0 Å². The molecule has 0 radical (unpaired) electrons. The summed E-state index contributed by atoms with van der Waals surface area (Å²) in [5.41, 5.74) is 2.51. The van der Waals surface area contributed by atoms with Gasteiger partial charge in [0, 0.05) is 24.5 Å². The van der Waals surface area contributed by atoms with E-state index in [2.05, 4.69) is 19.9 Å². The van der Waals surface area contributed by atoms with Gasteiger partial charge in [0.25, 0.3) is 0 Å². The molecule has 0 aromatic carbocycles. The molecule has 0 N–H and O–H groups in total. The molecule has 0 aliphatic carbocycles. The van der Waals surface area contributed by atoms with E-state index < -0.39 is 0 Å². The van der Waals surface area contributed by atoms with Gasteiger partial charge in [0.1, 0.15) is 30.9 Å². The second kappa shape index (κ2) is 7.40. The number of quaternary nitrogens is 1. The molecule has 9 heteroatoms. The molecule has 2 unspecified atom stereocenters. The Morgan fingerprint density at radius 1 is 1.28 bits per heavy atom. The maximum atomic E-state index is 13.9. The molecule has 1 fully saturated rings. The molecule has 150 valence electrons. The van der Waals surface area contributed by atoms with Gasteiger partial charge in [-0.2, -0.15) is 0 Å². The number of rotatable bonds is 4. The molecule has 0 amide bonds. The Kier molecular flexibility index (Phi) is 4.73. The van der Waals surface area contributed by atoms with E-state index in [1.54, 1.807) is 12.4 Å². The molecule has 5 heterocycles. The fourth-order valence-corrected chi connectivity index (χ4v) is 4.69. The first-order valence-corrected chi connectivity index (χ1v) is 10.9. The summed E-state index contributed by atoms with van der Waals surface area (Å²) in [6, 6.07) is 4.02. The Bertz CT molecular complexity index is 997. The first-order valence-electron chi connectivity index (χ1n) is 9.72. The van der Waals surface area contributed by atoms with Crippen LogP contribution in [0.5, 0.6) is 0 Å². The van der Waals surface area contributed by atoms with Crippen molar-refractivity contribution in [2.75, 3.05) is 24.2 Å². The lowest BCUT2D eigenvalue weighted by molar-refractivity contribution is -0.907. The molecule has 29 heavy (non-hydrogen) atoms. The van der Waals surface area contributed by atoms with Crippen molar-refractivity contribution in [1.82, 2.24) is 19.9 Å². The lowest BCUT2D eigenvalue weighted by atomic mass is 10.1. The number of nitrogens with zero attached hydrogens (tertiary/aromatic N) is 6. The monoisotopic (exact) mass is 410 g/mol. The molecule has 0 saturated carbocycles. The number of anilines is 1. The number of hydroxylamine groups is 3. The Morgan fingerprint density at radius 2 is 2.21 bits per heavy atom. The van der Waals surface area contributed by atoms with Gasteiger partial charge in [0.15, 0.2) is 5.16 Å². The molecule has 0 bridgehead atoms. The van der Waals surface area contributed by atoms with Crippen molar-refractivity contribution in [3.8, 4) is 11.6 Å². The summed E-state index contributed by atoms with van der Waals surface area (Å²) < 4.78 is 4.97. The third kappa shape index (κ3) is 3.61. The van der Waals surface area contributed by atoms with Gasteiger partial charge < -0.3 is 19.2 Å². The van der Waals surface area contributed by atoms with Crippen LogP contribution in [0.15, 0.2) is 46.6 Å². The molecule has 2 atom stereocenters. The van der Waals surface area contributed by atoms with Gasteiger partial charge in [-0.3, -0.25) is 4.98 Å². The highest BCUT2D eigenvalue weighted by Crippen LogP contribution is 2.36. The molecule has 3 aromatic rings. The zero-order chi connectivity index (χ0) is 19.8. The molecule has 8 nitrogen and oxygen atoms in total. The van der Waals surface area contributed by atoms with Crippen LogP contribution in [0, 0.1) is 5.21 Å². The SMILES string of the molecule is CSc1ncc2c(n1)N1CCCC1C[N+]([O-])(Cc1ccc(-c3ncco3)nc1)C2. The minimum Gasteiger partial charge on any atom is -0.632 e. The van der Waals surface area contributed by atoms with Crippen LogP contribution in [0.1, 0.15) is 24.0 Å². The maximum absolute atomic E-state index is 13.9. The summed E-state index contributed by atoms with van der Waals surface area (Å²) >= 11 is 1.53. The minimum atomic E-state index is -0.323. The number of fused-ring (bicyclic) bond motifs is 3. The van der Waals surface area contributed by atoms with Gasteiger partial charge in [0.05, 0.1) is 24.3 Å². The van der Waals surface area contributed by atoms with Crippen molar-refractivity contribution in [3.05, 3.63) is 53.3 Å². The second-order valence-electron chi connectivity index (χ2n) is 7.64. The second-order valence-corrected chi connectivity index (χ2v) is 8.41. The first-order chi connectivity index (χ1) is 14.1. The summed E-state index contributed by atoms with van der Waals surface area (Å²) in [7, 11) is 0. The normalized spacial score (nSPS) is 23.5. The van der Waals surface area contributed by atoms with Crippen LogP contribution >= 0.6 is 11.8 Å². The van der Waals surface area contributed by atoms with E-state index >= 15 is 0 Å². The van der Waals surface area contributed by atoms with Crippen molar-refractivity contribution in [2.24, 2.45) is 0 Å². The van der Waals surface area contributed by atoms with Crippen LogP contribution < -0.4 is 4.90 Å². The standard InChI is InChI=1S/C20H22N6O2S/c1-29-20-23-10-15-12-26(27,13-16-3-2-7-25(16)18(15)24-20)11-14-4-5-17(22-9-14)19-21-6-8-28-19/h4-6,8-10,16H,2-3,7,11-13H2,1H3. The Balaban J connectivity index is 1.43. The van der Waals surface area contributed by atoms with Crippen molar-refractivity contribution in [1.29, 1.82) is 0 Å². The maximum Gasteiger partial charge on any atom is 0.244 e. The summed E-state index contributed by atoms with van der Waals surface area (Å²) in [4.78, 5) is 20.0. The summed E-state index contributed by atoms with van der Waals surface area (Å²) in [5, 5.41) is 14.6. The number of hydrogen-bond acceptors (Lipinski definition) is 8. The zero-order valence-electron chi connectivity index (χ0n) is 16.2. The van der Waals surface area contributed by atoms with Gasteiger partial charge >= 0.3 is 0 Å². The predicted octanol–water partition coefficient (Wildman–Crippen LogP) is 3.25. The average molecular weight is 411 g/mol. The van der Waals surface area contributed by atoms with Gasteiger partial charge in [-0.15, -0.1) is 0 Å². The topological polar surface area (TPSA) is 91.0 Å². The molecule has 1 saturated heterocycles. The van der Waals surface area contributed by atoms with Gasteiger partial charge in [-0.1, -0.05) is 11.8 Å². The van der Waals surface area contributed by atoms with E-state index in [1.807, 2.05) is 24.6 Å². The molecular weight excluding hydrogens is 388 g/mol. The van der Waals surface area contributed by atoms with Crippen LogP contribution in [0.4, 0.5) is 5.82 Å². The lowest BCUT2D eigenvalue weighted by Crippen LogP contribution is -2.47. The summed E-state index contributed by atoms with van der Waals surface area (Å²) in [6.45, 7) is 2.24. The number of hydrogen-bond donors (Lipinski definition) is 0. The lowest BCUT2D eigenvalue weighted by Gasteiger charge is -2.43. The smallest absolute Gasteiger partial charge is 0.244 e. The fraction of sp³-hybridized carbons (Fsp3) is 0.400. The van der Waals surface area contributed by atoms with E-state index in [-0.39, 0.29) is 10.7 Å². The molecule has 3 aromatic heterocycles. The van der Waals surface area contributed by atoms with E-state index in [4.69, 9.17) is 9.40 Å².